The first-order valence-electron chi connectivity index (χ1n) is 13.9. The van der Waals surface area contributed by atoms with Gasteiger partial charge in [-0.05, 0) is 48.7 Å². The number of nitrogens with one attached hydrogen (secondary N) is 1. The highest BCUT2D eigenvalue weighted by Gasteiger charge is 2.68. The van der Waals surface area contributed by atoms with Crippen LogP contribution in [0.15, 0.2) is 66.0 Å². The average molecular weight is 536 g/mol. The fourth-order valence-electron chi connectivity index (χ4n) is 6.62. The second-order valence-corrected chi connectivity index (χ2v) is 11.4. The van der Waals surface area contributed by atoms with Crippen LogP contribution in [-0.4, -0.2) is 47.1 Å². The molecule has 3 aliphatic heterocycles. The molecule has 0 aromatic heterocycles. The topological polar surface area (TPSA) is 114 Å². The predicted molar refractivity (Wildman–Crippen MR) is 143 cm³/mol. The maximum Gasteiger partial charge on any atom is 0.346 e. The maximum absolute atomic E-state index is 13.9. The van der Waals surface area contributed by atoms with Crippen molar-refractivity contribution < 1.29 is 34.0 Å². The van der Waals surface area contributed by atoms with Gasteiger partial charge < -0.3 is 15.2 Å². The van der Waals surface area contributed by atoms with E-state index in [0.717, 1.165) is 24.7 Å². The first-order valence-corrected chi connectivity index (χ1v) is 13.9. The molecular formula is C31H37NO7. The molecule has 3 heterocycles. The SMILES string of the molecule is C=C1[C@@H](C)C2[C@H](Cc3ccccc3)NC(=O)[C@]23OOC(=O)CC2OC2=C(C=O)CCC[C@@H](C)C/C=C/C3[C@@H]1O. The van der Waals surface area contributed by atoms with Gasteiger partial charge in [0, 0.05) is 23.5 Å². The van der Waals surface area contributed by atoms with Gasteiger partial charge in [-0.25, -0.2) is 4.79 Å². The van der Waals surface area contributed by atoms with E-state index >= 15 is 0 Å². The number of ether oxygens (including phenoxy) is 1. The van der Waals surface area contributed by atoms with Crippen LogP contribution in [0.1, 0.15) is 51.5 Å². The normalized spacial score (nSPS) is 37.9. The molecule has 208 valence electrons. The van der Waals surface area contributed by atoms with Crippen molar-refractivity contribution in [3.05, 3.63) is 71.5 Å². The lowest BCUT2D eigenvalue weighted by molar-refractivity contribution is -0.348. The fraction of sp³-hybridized carbons (Fsp3) is 0.516. The van der Waals surface area contributed by atoms with Crippen LogP contribution in [0.4, 0.5) is 0 Å². The Balaban J connectivity index is 1.50. The number of aliphatic hydroxyl groups excluding tert-OH is 1. The molecule has 2 saturated heterocycles. The Labute approximate surface area is 229 Å². The molecular weight excluding hydrogens is 498 g/mol. The molecule has 3 unspecified atom stereocenters. The van der Waals surface area contributed by atoms with Gasteiger partial charge >= 0.3 is 5.97 Å². The van der Waals surface area contributed by atoms with Crippen LogP contribution in [0, 0.1) is 23.7 Å². The van der Waals surface area contributed by atoms with Gasteiger partial charge in [0.15, 0.2) is 6.10 Å². The Kier molecular flexibility index (Phi) is 7.78. The van der Waals surface area contributed by atoms with Crippen molar-refractivity contribution in [1.82, 2.24) is 5.32 Å². The van der Waals surface area contributed by atoms with Gasteiger partial charge in [-0.1, -0.05) is 69.3 Å². The number of rotatable bonds is 3. The summed E-state index contributed by atoms with van der Waals surface area (Å²) in [5.41, 5.74) is 0.609. The molecule has 4 aliphatic rings. The summed E-state index contributed by atoms with van der Waals surface area (Å²) < 4.78 is 5.54. The molecule has 3 fully saturated rings. The highest BCUT2D eigenvalue weighted by molar-refractivity contribution is 5.90. The number of epoxide rings is 1. The summed E-state index contributed by atoms with van der Waals surface area (Å²) in [6.45, 7) is 8.25. The van der Waals surface area contributed by atoms with Crippen molar-refractivity contribution in [3.63, 3.8) is 0 Å². The van der Waals surface area contributed by atoms with Crippen LogP contribution < -0.4 is 5.32 Å². The molecule has 1 aromatic rings. The highest BCUT2D eigenvalue weighted by Crippen LogP contribution is 2.52. The Morgan fingerprint density at radius 2 is 1.97 bits per heavy atom. The molecule has 1 spiro atoms. The molecule has 0 bridgehead atoms. The van der Waals surface area contributed by atoms with Crippen LogP contribution in [0.25, 0.3) is 0 Å². The van der Waals surface area contributed by atoms with Gasteiger partial charge in [0.25, 0.3) is 5.91 Å². The van der Waals surface area contributed by atoms with E-state index in [1.807, 2.05) is 49.4 Å². The van der Waals surface area contributed by atoms with Crippen LogP contribution >= 0.6 is 0 Å². The standard InChI is InChI=1S/C31H37NO7/c1-18-9-7-13-22(17-33)29-25(37-29)16-26(34)38-39-31-23(14-8-10-18)28(35)20(3)19(2)27(31)24(32-30(31)36)15-21-11-5-4-6-12-21/h4-6,8,11-12,14,17-19,23-25,27-28,35H,3,7,9-10,13,15-16H2,1-2H3,(H,32,36)/b14-8+,29-22?/t18-,19-,23?,24+,25?,27?,28-,31-/m1/s1. The molecule has 1 amide bonds. The maximum atomic E-state index is 13.9. The van der Waals surface area contributed by atoms with Gasteiger partial charge in [-0.15, -0.1) is 0 Å². The number of aldehydes is 1. The zero-order valence-electron chi connectivity index (χ0n) is 22.5. The molecule has 5 rings (SSSR count). The number of hydrogen-bond donors (Lipinski definition) is 2. The van der Waals surface area contributed by atoms with Crippen molar-refractivity contribution in [1.29, 1.82) is 0 Å². The van der Waals surface area contributed by atoms with E-state index in [4.69, 9.17) is 14.5 Å². The van der Waals surface area contributed by atoms with Gasteiger partial charge in [-0.3, -0.25) is 14.5 Å². The smallest absolute Gasteiger partial charge is 0.346 e. The fourth-order valence-corrected chi connectivity index (χ4v) is 6.62. The second kappa shape index (κ2) is 11.1. The van der Waals surface area contributed by atoms with E-state index in [0.29, 0.717) is 42.1 Å². The molecule has 1 aromatic carbocycles. The first-order chi connectivity index (χ1) is 18.8. The summed E-state index contributed by atoms with van der Waals surface area (Å²) in [5, 5.41) is 14.5. The second-order valence-electron chi connectivity index (χ2n) is 11.4. The third-order valence-electron chi connectivity index (χ3n) is 8.85. The summed E-state index contributed by atoms with van der Waals surface area (Å²) in [6, 6.07) is 9.52. The zero-order valence-corrected chi connectivity index (χ0v) is 22.5. The van der Waals surface area contributed by atoms with Crippen LogP contribution in [-0.2, 0) is 35.3 Å². The Bertz CT molecular complexity index is 1190. The van der Waals surface area contributed by atoms with Gasteiger partial charge in [-0.2, -0.15) is 4.89 Å². The molecule has 1 saturated carbocycles. The molecule has 8 atom stereocenters. The number of carbonyl (C=O) groups excluding carboxylic acids is 3. The Morgan fingerprint density at radius 3 is 2.72 bits per heavy atom. The monoisotopic (exact) mass is 535 g/mol. The van der Waals surface area contributed by atoms with Gasteiger partial charge in [0.1, 0.15) is 12.0 Å². The molecule has 39 heavy (non-hydrogen) atoms. The van der Waals surface area contributed by atoms with Gasteiger partial charge in [0.2, 0.25) is 5.60 Å². The molecule has 8 heteroatoms. The van der Waals surface area contributed by atoms with Crippen molar-refractivity contribution in [3.8, 4) is 0 Å². The van der Waals surface area contributed by atoms with Gasteiger partial charge in [0.05, 0.1) is 12.5 Å². The summed E-state index contributed by atoms with van der Waals surface area (Å²) >= 11 is 0. The van der Waals surface area contributed by atoms with E-state index in [2.05, 4.69) is 18.8 Å². The lowest BCUT2D eigenvalue weighted by Crippen LogP contribution is -2.61. The summed E-state index contributed by atoms with van der Waals surface area (Å²) in [6.07, 6.45) is 6.42. The van der Waals surface area contributed by atoms with E-state index in [9.17, 15) is 19.5 Å². The highest BCUT2D eigenvalue weighted by atomic mass is 17.2. The summed E-state index contributed by atoms with van der Waals surface area (Å²) in [4.78, 5) is 49.6. The third kappa shape index (κ3) is 5.20. The summed E-state index contributed by atoms with van der Waals surface area (Å²) in [7, 11) is 0. The lowest BCUT2D eigenvalue weighted by Gasteiger charge is -2.48. The van der Waals surface area contributed by atoms with Crippen molar-refractivity contribution in [2.75, 3.05) is 0 Å². The molecule has 0 radical (unpaired) electrons. The minimum absolute atomic E-state index is 0.135. The number of carbonyl (C=O) groups is 3. The van der Waals surface area contributed by atoms with E-state index in [1.165, 1.54) is 0 Å². The zero-order chi connectivity index (χ0) is 27.7. The summed E-state index contributed by atoms with van der Waals surface area (Å²) in [5.74, 6) is -1.83. The quantitative estimate of drug-likeness (QED) is 0.262. The molecule has 8 nitrogen and oxygen atoms in total. The molecule has 1 aliphatic carbocycles. The Morgan fingerprint density at radius 1 is 1.21 bits per heavy atom. The van der Waals surface area contributed by atoms with Crippen LogP contribution in [0.5, 0.6) is 0 Å². The lowest BCUT2D eigenvalue weighted by atomic mass is 9.59. The number of amides is 1. The number of aliphatic hydroxyl groups is 1. The number of fused-ring (bicyclic) bond motifs is 1. The largest absolute Gasteiger partial charge is 0.482 e. The third-order valence-corrected chi connectivity index (χ3v) is 8.85. The van der Waals surface area contributed by atoms with Crippen molar-refractivity contribution in [2.24, 2.45) is 23.7 Å². The first kappa shape index (κ1) is 27.3. The van der Waals surface area contributed by atoms with Crippen molar-refractivity contribution in [2.45, 2.75) is 76.2 Å². The van der Waals surface area contributed by atoms with Crippen LogP contribution in [0.2, 0.25) is 0 Å². The van der Waals surface area contributed by atoms with E-state index < -0.39 is 41.5 Å². The van der Waals surface area contributed by atoms with Crippen molar-refractivity contribution >= 4 is 18.2 Å². The number of allylic oxidation sites excluding steroid dienone is 2. The molecule has 2 N–H and O–H groups in total. The number of benzene rings is 1. The van der Waals surface area contributed by atoms with E-state index in [1.54, 1.807) is 0 Å². The Hall–Kier alpha value is -3.23. The minimum Gasteiger partial charge on any atom is -0.482 e. The average Bonchev–Trinajstić information content (AvgIpc) is 3.61. The van der Waals surface area contributed by atoms with E-state index in [-0.39, 0.29) is 18.4 Å². The number of hydrogen-bond acceptors (Lipinski definition) is 7. The van der Waals surface area contributed by atoms with Crippen LogP contribution in [0.3, 0.4) is 0 Å². The predicted octanol–water partition coefficient (Wildman–Crippen LogP) is 3.75. The minimum atomic E-state index is -1.64.